The fourth-order valence-electron chi connectivity index (χ4n) is 2.01. The Balaban J connectivity index is 1.46. The van der Waals surface area contributed by atoms with Crippen molar-refractivity contribution < 1.29 is 9.59 Å². The zero-order valence-electron chi connectivity index (χ0n) is 12.5. The first-order valence-electron chi connectivity index (χ1n) is 7.44. The molecule has 0 radical (unpaired) electrons. The molecule has 3 rings (SSSR count). The lowest BCUT2D eigenvalue weighted by Crippen LogP contribution is -2.14. The number of pyridine rings is 1. The number of nitrogens with one attached hydrogen (secondary N) is 2. The summed E-state index contributed by atoms with van der Waals surface area (Å²) in [5, 5.41) is 5.71. The van der Waals surface area contributed by atoms with E-state index in [0.717, 1.165) is 29.1 Å². The van der Waals surface area contributed by atoms with Crippen molar-refractivity contribution >= 4 is 35.0 Å². The Labute approximate surface area is 138 Å². The van der Waals surface area contributed by atoms with Crippen molar-refractivity contribution in [3.05, 3.63) is 48.8 Å². The normalized spacial score (nSPS) is 13.4. The van der Waals surface area contributed by atoms with Crippen LogP contribution < -0.4 is 10.6 Å². The molecule has 0 saturated heterocycles. The molecule has 1 heterocycles. The summed E-state index contributed by atoms with van der Waals surface area (Å²) >= 11 is 1.45. The lowest BCUT2D eigenvalue weighted by molar-refractivity contribution is -0.117. The van der Waals surface area contributed by atoms with Crippen molar-refractivity contribution in [1.29, 1.82) is 0 Å². The van der Waals surface area contributed by atoms with E-state index in [4.69, 9.17) is 0 Å². The van der Waals surface area contributed by atoms with Crippen LogP contribution in [0.4, 0.5) is 11.4 Å². The van der Waals surface area contributed by atoms with Crippen LogP contribution in [0, 0.1) is 5.92 Å². The Morgan fingerprint density at radius 1 is 1.00 bits per heavy atom. The van der Waals surface area contributed by atoms with Gasteiger partial charge >= 0.3 is 0 Å². The SMILES string of the molecule is O=C(CSc1ccc(NC(=O)C2CC2)cc1)Nc1ccncc1. The van der Waals surface area contributed by atoms with E-state index in [1.165, 1.54) is 11.8 Å². The zero-order valence-corrected chi connectivity index (χ0v) is 13.3. The van der Waals surface area contributed by atoms with Crippen molar-refractivity contribution in [3.8, 4) is 0 Å². The van der Waals surface area contributed by atoms with Gasteiger partial charge in [0.25, 0.3) is 0 Å². The molecule has 1 aromatic carbocycles. The second-order valence-electron chi connectivity index (χ2n) is 5.36. The second-order valence-corrected chi connectivity index (χ2v) is 6.41. The summed E-state index contributed by atoms with van der Waals surface area (Å²) < 4.78 is 0. The molecule has 2 amide bonds. The molecular formula is C17H17N3O2S. The number of carbonyl (C=O) groups excluding carboxylic acids is 2. The molecule has 2 aromatic rings. The molecule has 0 atom stereocenters. The molecule has 1 aliphatic rings. The third kappa shape index (κ3) is 4.82. The molecule has 5 nitrogen and oxygen atoms in total. The summed E-state index contributed by atoms with van der Waals surface area (Å²) in [5.74, 6) is 0.561. The van der Waals surface area contributed by atoms with E-state index < -0.39 is 0 Å². The van der Waals surface area contributed by atoms with Gasteiger partial charge in [0.15, 0.2) is 0 Å². The van der Waals surface area contributed by atoms with Crippen LogP contribution in [0.25, 0.3) is 0 Å². The number of rotatable bonds is 6. The molecule has 6 heteroatoms. The van der Waals surface area contributed by atoms with Gasteiger partial charge in [-0.3, -0.25) is 14.6 Å². The minimum atomic E-state index is -0.0627. The third-order valence-corrected chi connectivity index (χ3v) is 4.42. The van der Waals surface area contributed by atoms with Crippen LogP contribution in [0.15, 0.2) is 53.7 Å². The Bertz CT molecular complexity index is 685. The summed E-state index contributed by atoms with van der Waals surface area (Å²) in [6, 6.07) is 11.0. The van der Waals surface area contributed by atoms with Gasteiger partial charge in [-0.2, -0.15) is 0 Å². The molecule has 2 N–H and O–H groups in total. The van der Waals surface area contributed by atoms with E-state index in [1.54, 1.807) is 24.5 Å². The topological polar surface area (TPSA) is 71.1 Å². The number of anilines is 2. The fraction of sp³-hybridized carbons (Fsp3) is 0.235. The maximum Gasteiger partial charge on any atom is 0.234 e. The summed E-state index contributed by atoms with van der Waals surface area (Å²) in [7, 11) is 0. The highest BCUT2D eigenvalue weighted by molar-refractivity contribution is 8.00. The predicted molar refractivity (Wildman–Crippen MR) is 91.4 cm³/mol. The number of nitrogens with zero attached hydrogens (tertiary/aromatic N) is 1. The van der Waals surface area contributed by atoms with Crippen LogP contribution >= 0.6 is 11.8 Å². The lowest BCUT2D eigenvalue weighted by atomic mass is 10.3. The average molecular weight is 327 g/mol. The molecule has 0 aliphatic heterocycles. The van der Waals surface area contributed by atoms with Gasteiger partial charge in [-0.05, 0) is 49.2 Å². The van der Waals surface area contributed by atoms with Crippen LogP contribution in [-0.2, 0) is 9.59 Å². The third-order valence-electron chi connectivity index (χ3n) is 3.40. The van der Waals surface area contributed by atoms with Crippen LogP contribution in [0.1, 0.15) is 12.8 Å². The lowest BCUT2D eigenvalue weighted by Gasteiger charge is -2.07. The maximum atomic E-state index is 11.9. The van der Waals surface area contributed by atoms with E-state index >= 15 is 0 Å². The quantitative estimate of drug-likeness (QED) is 0.800. The molecule has 1 aliphatic carbocycles. The highest BCUT2D eigenvalue weighted by atomic mass is 32.2. The number of benzene rings is 1. The van der Waals surface area contributed by atoms with Crippen LogP contribution in [0.2, 0.25) is 0 Å². The molecule has 0 bridgehead atoms. The predicted octanol–water partition coefficient (Wildman–Crippen LogP) is 3.16. The van der Waals surface area contributed by atoms with Gasteiger partial charge in [0.1, 0.15) is 0 Å². The minimum Gasteiger partial charge on any atom is -0.326 e. The van der Waals surface area contributed by atoms with E-state index in [0.29, 0.717) is 5.75 Å². The van der Waals surface area contributed by atoms with Gasteiger partial charge in [0, 0.05) is 34.6 Å². The molecule has 0 spiro atoms. The molecule has 1 saturated carbocycles. The standard InChI is InChI=1S/C17H17N3O2S/c21-16(19-14-7-9-18-10-8-14)11-23-15-5-3-13(4-6-15)20-17(22)12-1-2-12/h3-10,12H,1-2,11H2,(H,20,22)(H,18,19,21). The van der Waals surface area contributed by atoms with E-state index in [2.05, 4.69) is 15.6 Å². The largest absolute Gasteiger partial charge is 0.326 e. The molecular weight excluding hydrogens is 310 g/mol. The molecule has 118 valence electrons. The molecule has 23 heavy (non-hydrogen) atoms. The van der Waals surface area contributed by atoms with Crippen molar-refractivity contribution in [3.63, 3.8) is 0 Å². The van der Waals surface area contributed by atoms with Gasteiger partial charge in [-0.25, -0.2) is 0 Å². The first-order valence-corrected chi connectivity index (χ1v) is 8.43. The van der Waals surface area contributed by atoms with Crippen LogP contribution in [-0.4, -0.2) is 22.6 Å². The number of thioether (sulfide) groups is 1. The fourth-order valence-corrected chi connectivity index (χ4v) is 2.70. The summed E-state index contributed by atoms with van der Waals surface area (Å²) in [5.41, 5.74) is 1.54. The van der Waals surface area contributed by atoms with Crippen molar-refractivity contribution in [2.24, 2.45) is 5.92 Å². The van der Waals surface area contributed by atoms with Crippen molar-refractivity contribution in [2.45, 2.75) is 17.7 Å². The monoisotopic (exact) mass is 327 g/mol. The first-order chi connectivity index (χ1) is 11.2. The maximum absolute atomic E-state index is 11.9. The highest BCUT2D eigenvalue weighted by Crippen LogP contribution is 2.30. The number of aromatic nitrogens is 1. The van der Waals surface area contributed by atoms with E-state index in [-0.39, 0.29) is 17.7 Å². The number of carbonyl (C=O) groups is 2. The zero-order chi connectivity index (χ0) is 16.1. The Hall–Kier alpha value is -2.34. The summed E-state index contributed by atoms with van der Waals surface area (Å²) in [6.45, 7) is 0. The number of hydrogen-bond acceptors (Lipinski definition) is 4. The second kappa shape index (κ2) is 7.28. The summed E-state index contributed by atoms with van der Waals surface area (Å²) in [4.78, 5) is 28.4. The molecule has 0 unspecified atom stereocenters. The molecule has 1 fully saturated rings. The highest BCUT2D eigenvalue weighted by Gasteiger charge is 2.29. The average Bonchev–Trinajstić information content (AvgIpc) is 3.40. The number of hydrogen-bond donors (Lipinski definition) is 2. The Kier molecular flexibility index (Phi) is 4.92. The number of amides is 2. The van der Waals surface area contributed by atoms with Crippen molar-refractivity contribution in [2.75, 3.05) is 16.4 Å². The smallest absolute Gasteiger partial charge is 0.234 e. The van der Waals surface area contributed by atoms with Gasteiger partial charge < -0.3 is 10.6 Å². The minimum absolute atomic E-state index is 0.0627. The van der Waals surface area contributed by atoms with E-state index in [9.17, 15) is 9.59 Å². The van der Waals surface area contributed by atoms with Gasteiger partial charge in [-0.15, -0.1) is 11.8 Å². The van der Waals surface area contributed by atoms with E-state index in [1.807, 2.05) is 24.3 Å². The van der Waals surface area contributed by atoms with Crippen LogP contribution in [0.5, 0.6) is 0 Å². The first kappa shape index (κ1) is 15.6. The van der Waals surface area contributed by atoms with Crippen LogP contribution in [0.3, 0.4) is 0 Å². The van der Waals surface area contributed by atoms with Gasteiger partial charge in [0.05, 0.1) is 5.75 Å². The van der Waals surface area contributed by atoms with Gasteiger partial charge in [0.2, 0.25) is 11.8 Å². The Morgan fingerprint density at radius 2 is 1.65 bits per heavy atom. The Morgan fingerprint density at radius 3 is 2.30 bits per heavy atom. The molecule has 1 aromatic heterocycles. The summed E-state index contributed by atoms with van der Waals surface area (Å²) in [6.07, 6.45) is 5.26. The van der Waals surface area contributed by atoms with Gasteiger partial charge in [-0.1, -0.05) is 0 Å². The van der Waals surface area contributed by atoms with Crippen molar-refractivity contribution in [1.82, 2.24) is 4.98 Å².